The molecule has 2 atom stereocenters. The van der Waals surface area contributed by atoms with Gasteiger partial charge in [0.2, 0.25) is 0 Å². The van der Waals surface area contributed by atoms with Gasteiger partial charge in [0.25, 0.3) is 0 Å². The third-order valence-electron chi connectivity index (χ3n) is 8.60. The zero-order chi connectivity index (χ0) is 21.2. The molecule has 170 valence electrons. The molecule has 1 saturated heterocycles. The molecule has 0 amide bonds. The molecule has 0 aromatic heterocycles. The van der Waals surface area contributed by atoms with Crippen molar-refractivity contribution in [1.82, 2.24) is 9.80 Å². The van der Waals surface area contributed by atoms with Gasteiger partial charge in [0.05, 0.1) is 25.7 Å². The van der Waals surface area contributed by atoms with E-state index in [9.17, 15) is 0 Å². The van der Waals surface area contributed by atoms with E-state index >= 15 is 0 Å². The molecular formula is C27H41N3O. The minimum atomic E-state index is 0.554. The van der Waals surface area contributed by atoms with Crippen LogP contribution in [0, 0.1) is 17.8 Å². The van der Waals surface area contributed by atoms with Gasteiger partial charge in [0, 0.05) is 13.1 Å². The van der Waals surface area contributed by atoms with Crippen molar-refractivity contribution in [2.24, 2.45) is 22.7 Å². The maximum atomic E-state index is 5.37. The highest BCUT2D eigenvalue weighted by molar-refractivity contribution is 5.84. The van der Waals surface area contributed by atoms with Crippen molar-refractivity contribution < 1.29 is 4.74 Å². The second-order valence-electron chi connectivity index (χ2n) is 10.7. The Morgan fingerprint density at radius 2 is 1.71 bits per heavy atom. The van der Waals surface area contributed by atoms with Crippen LogP contribution >= 0.6 is 0 Å². The first kappa shape index (κ1) is 21.2. The molecule has 31 heavy (non-hydrogen) atoms. The van der Waals surface area contributed by atoms with Crippen LogP contribution in [0.15, 0.2) is 29.3 Å². The van der Waals surface area contributed by atoms with Gasteiger partial charge >= 0.3 is 0 Å². The Balaban J connectivity index is 1.32. The van der Waals surface area contributed by atoms with Crippen molar-refractivity contribution in [1.29, 1.82) is 0 Å². The molecule has 4 nitrogen and oxygen atoms in total. The number of aliphatic imine (C=N–C) groups is 1. The van der Waals surface area contributed by atoms with Crippen LogP contribution in [0.1, 0.15) is 70.3 Å². The fourth-order valence-electron chi connectivity index (χ4n) is 6.63. The smallest absolute Gasteiger partial charge is 0.197 e. The number of hydrogen-bond acceptors (Lipinski definition) is 4. The molecule has 1 aromatic carbocycles. The Morgan fingerprint density at radius 1 is 0.968 bits per heavy atom. The average Bonchev–Trinajstić information content (AvgIpc) is 3.36. The van der Waals surface area contributed by atoms with Crippen LogP contribution in [0.2, 0.25) is 0 Å². The van der Waals surface area contributed by atoms with Crippen LogP contribution in [-0.2, 0) is 6.42 Å². The van der Waals surface area contributed by atoms with Crippen LogP contribution in [-0.4, -0.2) is 54.6 Å². The minimum absolute atomic E-state index is 0.554. The standard InChI is InChI=1S/C27H41N3O/c1-20-8-10-22(11-9-20)18-29-24(16-21-12-14-25(31-2)15-13-21)19-30-26(17-28-27(29)30)23-6-4-3-5-7-23/h12-15,20,22-24,26H,3-11,16-19H2,1-2H3/t20?,22?,24-,26-/m0/s1. The normalized spacial score (nSPS) is 31.6. The summed E-state index contributed by atoms with van der Waals surface area (Å²) in [6.07, 6.45) is 13.8. The number of guanidine groups is 1. The van der Waals surface area contributed by atoms with E-state index in [1.54, 1.807) is 7.11 Å². The van der Waals surface area contributed by atoms with E-state index < -0.39 is 0 Å². The molecule has 2 heterocycles. The Kier molecular flexibility index (Phi) is 6.43. The van der Waals surface area contributed by atoms with Crippen molar-refractivity contribution in [3.8, 4) is 5.75 Å². The number of rotatable bonds is 6. The maximum Gasteiger partial charge on any atom is 0.197 e. The predicted molar refractivity (Wildman–Crippen MR) is 128 cm³/mol. The highest BCUT2D eigenvalue weighted by Crippen LogP contribution is 2.37. The highest BCUT2D eigenvalue weighted by atomic mass is 16.5. The lowest BCUT2D eigenvalue weighted by Crippen LogP contribution is -2.42. The highest BCUT2D eigenvalue weighted by Gasteiger charge is 2.45. The van der Waals surface area contributed by atoms with Crippen molar-refractivity contribution >= 4 is 5.96 Å². The first-order valence-electron chi connectivity index (χ1n) is 12.9. The monoisotopic (exact) mass is 423 g/mol. The number of methoxy groups -OCH3 is 1. The molecule has 4 heteroatoms. The molecule has 0 radical (unpaired) electrons. The number of benzene rings is 1. The number of fused-ring (bicyclic) bond motifs is 1. The molecule has 2 saturated carbocycles. The third kappa shape index (κ3) is 4.59. The fraction of sp³-hybridized carbons (Fsp3) is 0.741. The van der Waals surface area contributed by atoms with Gasteiger partial charge in [-0.15, -0.1) is 0 Å². The lowest BCUT2D eigenvalue weighted by Gasteiger charge is -2.34. The summed E-state index contributed by atoms with van der Waals surface area (Å²) in [5.41, 5.74) is 1.42. The second kappa shape index (κ2) is 9.42. The number of hydrogen-bond donors (Lipinski definition) is 0. The van der Waals surface area contributed by atoms with Gasteiger partial charge in [0.15, 0.2) is 5.96 Å². The van der Waals surface area contributed by atoms with Gasteiger partial charge < -0.3 is 14.5 Å². The molecule has 3 fully saturated rings. The van der Waals surface area contributed by atoms with Crippen molar-refractivity contribution in [3.63, 3.8) is 0 Å². The molecule has 2 aliphatic heterocycles. The minimum Gasteiger partial charge on any atom is -0.497 e. The van der Waals surface area contributed by atoms with Gasteiger partial charge in [-0.2, -0.15) is 0 Å². The van der Waals surface area contributed by atoms with Crippen molar-refractivity contribution in [3.05, 3.63) is 29.8 Å². The number of nitrogens with zero attached hydrogens (tertiary/aromatic N) is 3. The Morgan fingerprint density at radius 3 is 2.42 bits per heavy atom. The van der Waals surface area contributed by atoms with Gasteiger partial charge in [-0.05, 0) is 67.6 Å². The van der Waals surface area contributed by atoms with Crippen LogP contribution in [0.25, 0.3) is 0 Å². The summed E-state index contributed by atoms with van der Waals surface area (Å²) in [7, 11) is 1.75. The summed E-state index contributed by atoms with van der Waals surface area (Å²) in [4.78, 5) is 10.6. The summed E-state index contributed by atoms with van der Waals surface area (Å²) in [5.74, 6) is 4.90. The van der Waals surface area contributed by atoms with Crippen molar-refractivity contribution in [2.75, 3.05) is 26.7 Å². The molecule has 0 spiro atoms. The first-order chi connectivity index (χ1) is 15.2. The van der Waals surface area contributed by atoms with E-state index in [4.69, 9.17) is 9.73 Å². The summed E-state index contributed by atoms with van der Waals surface area (Å²) >= 11 is 0. The van der Waals surface area contributed by atoms with E-state index in [0.717, 1.165) is 43.0 Å². The Labute approximate surface area is 189 Å². The molecular weight excluding hydrogens is 382 g/mol. The largest absolute Gasteiger partial charge is 0.497 e. The van der Waals surface area contributed by atoms with Gasteiger partial charge in [-0.1, -0.05) is 51.2 Å². The SMILES string of the molecule is COc1ccc(C[C@H]2CN3C(=NC[C@H]3C3CCCCC3)N2CC2CCC(C)CC2)cc1. The first-order valence-corrected chi connectivity index (χ1v) is 12.9. The van der Waals surface area contributed by atoms with E-state index in [1.165, 1.54) is 75.9 Å². The third-order valence-corrected chi connectivity index (χ3v) is 8.60. The van der Waals surface area contributed by atoms with Crippen LogP contribution in [0.4, 0.5) is 0 Å². The van der Waals surface area contributed by atoms with E-state index in [0.29, 0.717) is 12.1 Å². The topological polar surface area (TPSA) is 28.1 Å². The van der Waals surface area contributed by atoms with Gasteiger partial charge in [0.1, 0.15) is 5.75 Å². The van der Waals surface area contributed by atoms with Crippen molar-refractivity contribution in [2.45, 2.75) is 83.2 Å². The summed E-state index contributed by atoms with van der Waals surface area (Å²) in [6.45, 7) is 5.83. The molecule has 0 bridgehead atoms. The number of ether oxygens (including phenoxy) is 1. The zero-order valence-electron chi connectivity index (χ0n) is 19.6. The molecule has 4 aliphatic rings. The predicted octanol–water partition coefficient (Wildman–Crippen LogP) is 5.37. The lowest BCUT2D eigenvalue weighted by molar-refractivity contribution is 0.201. The van der Waals surface area contributed by atoms with E-state index in [1.807, 2.05) is 0 Å². The second-order valence-corrected chi connectivity index (χ2v) is 10.7. The zero-order valence-corrected chi connectivity index (χ0v) is 19.6. The lowest BCUT2D eigenvalue weighted by atomic mass is 9.82. The van der Waals surface area contributed by atoms with Crippen LogP contribution in [0.3, 0.4) is 0 Å². The molecule has 5 rings (SSSR count). The van der Waals surface area contributed by atoms with Crippen LogP contribution < -0.4 is 4.74 Å². The summed E-state index contributed by atoms with van der Waals surface area (Å²) in [5, 5.41) is 0. The van der Waals surface area contributed by atoms with Gasteiger partial charge in [-0.3, -0.25) is 4.99 Å². The Hall–Kier alpha value is -1.71. The molecule has 0 N–H and O–H groups in total. The maximum absolute atomic E-state index is 5.37. The van der Waals surface area contributed by atoms with Crippen LogP contribution in [0.5, 0.6) is 5.75 Å². The molecule has 0 unspecified atom stereocenters. The summed E-state index contributed by atoms with van der Waals surface area (Å²) in [6, 6.07) is 9.94. The summed E-state index contributed by atoms with van der Waals surface area (Å²) < 4.78 is 5.37. The fourth-order valence-corrected chi connectivity index (χ4v) is 6.63. The van der Waals surface area contributed by atoms with E-state index in [-0.39, 0.29) is 0 Å². The average molecular weight is 424 g/mol. The molecule has 2 aliphatic carbocycles. The van der Waals surface area contributed by atoms with E-state index in [2.05, 4.69) is 41.0 Å². The quantitative estimate of drug-likeness (QED) is 0.616. The molecule has 1 aromatic rings. The van der Waals surface area contributed by atoms with Gasteiger partial charge in [-0.25, -0.2) is 0 Å². The Bertz CT molecular complexity index is 746.